The van der Waals surface area contributed by atoms with E-state index in [1.165, 1.54) is 38.4 Å². The summed E-state index contributed by atoms with van der Waals surface area (Å²) in [7, 11) is 0. The molecule has 0 radical (unpaired) electrons. The van der Waals surface area contributed by atoms with Crippen LogP contribution in [0.2, 0.25) is 0 Å². The topological polar surface area (TPSA) is 75.4 Å². The molecule has 0 spiro atoms. The van der Waals surface area contributed by atoms with Crippen LogP contribution in [-0.4, -0.2) is 45.1 Å². The van der Waals surface area contributed by atoms with Crippen LogP contribution < -0.4 is 10.2 Å². The van der Waals surface area contributed by atoms with Crippen LogP contribution >= 0.6 is 0 Å². The normalized spacial score (nSPS) is 21.9. The Morgan fingerprint density at radius 2 is 2.08 bits per heavy atom. The molecule has 1 amide bonds. The van der Waals surface area contributed by atoms with Crippen molar-refractivity contribution in [3.05, 3.63) is 18.1 Å². The Bertz CT molecular complexity index is 766. The van der Waals surface area contributed by atoms with Crippen LogP contribution in [0.15, 0.2) is 12.4 Å². The summed E-state index contributed by atoms with van der Waals surface area (Å²) in [6.07, 6.45) is 10.00. The molecule has 1 aliphatic heterocycles. The van der Waals surface area contributed by atoms with Crippen LogP contribution in [0.4, 0.5) is 5.82 Å². The number of rotatable bonds is 4. The number of piperidine rings is 1. The molecule has 2 aliphatic rings. The summed E-state index contributed by atoms with van der Waals surface area (Å²) >= 11 is 0. The molecule has 2 aromatic heterocycles. The van der Waals surface area contributed by atoms with E-state index in [-0.39, 0.29) is 11.8 Å². The highest BCUT2D eigenvalue weighted by Crippen LogP contribution is 2.25. The number of fused-ring (bicyclic) bond motifs is 1. The molecule has 1 aliphatic carbocycles. The third-order valence-corrected chi connectivity index (χ3v) is 5.77. The van der Waals surface area contributed by atoms with Crippen molar-refractivity contribution >= 4 is 17.5 Å². The molecule has 2 aromatic rings. The fourth-order valence-electron chi connectivity index (χ4n) is 4.32. The Morgan fingerprint density at radius 1 is 1.23 bits per heavy atom. The number of hydrogen-bond acceptors (Lipinski definition) is 5. The average Bonchev–Trinajstić information content (AvgIpc) is 3.14. The maximum Gasteiger partial charge on any atom is 0.254 e. The van der Waals surface area contributed by atoms with E-state index in [1.807, 2.05) is 13.0 Å². The monoisotopic (exact) mass is 356 g/mol. The van der Waals surface area contributed by atoms with Gasteiger partial charge in [0.15, 0.2) is 0 Å². The summed E-state index contributed by atoms with van der Waals surface area (Å²) in [5.41, 5.74) is 0.921. The molecule has 7 heteroatoms. The van der Waals surface area contributed by atoms with E-state index in [0.29, 0.717) is 11.7 Å². The second kappa shape index (κ2) is 7.60. The smallest absolute Gasteiger partial charge is 0.254 e. The van der Waals surface area contributed by atoms with Gasteiger partial charge in [-0.15, -0.1) is 0 Å². The third-order valence-electron chi connectivity index (χ3n) is 5.77. The van der Waals surface area contributed by atoms with Gasteiger partial charge >= 0.3 is 0 Å². The zero-order valence-electron chi connectivity index (χ0n) is 15.5. The van der Waals surface area contributed by atoms with Crippen LogP contribution in [0.5, 0.6) is 0 Å². The molecule has 1 saturated carbocycles. The van der Waals surface area contributed by atoms with Crippen molar-refractivity contribution < 1.29 is 4.79 Å². The van der Waals surface area contributed by atoms with Crippen LogP contribution in [0.25, 0.3) is 5.78 Å². The van der Waals surface area contributed by atoms with Gasteiger partial charge in [-0.2, -0.15) is 14.6 Å². The van der Waals surface area contributed by atoms with Gasteiger partial charge in [-0.05, 0) is 38.5 Å². The number of aryl methyl sites for hydroxylation is 1. The summed E-state index contributed by atoms with van der Waals surface area (Å²) in [5, 5.41) is 7.53. The first-order valence-corrected chi connectivity index (χ1v) is 9.91. The second-order valence-corrected chi connectivity index (χ2v) is 7.76. The lowest BCUT2D eigenvalue weighted by molar-refractivity contribution is -0.125. The summed E-state index contributed by atoms with van der Waals surface area (Å²) in [4.78, 5) is 23.6. The third kappa shape index (κ3) is 3.66. The average molecular weight is 356 g/mol. The fraction of sp³-hybridized carbons (Fsp3) is 0.684. The van der Waals surface area contributed by atoms with Gasteiger partial charge in [-0.3, -0.25) is 4.79 Å². The number of amides is 1. The SMILES string of the molecule is Cc1cc(N2CCCC(C(=O)NCC3CCCCC3)C2)n2ncnc2n1. The molecular weight excluding hydrogens is 328 g/mol. The largest absolute Gasteiger partial charge is 0.356 e. The first kappa shape index (κ1) is 17.2. The molecule has 3 heterocycles. The first-order valence-electron chi connectivity index (χ1n) is 9.91. The molecule has 4 rings (SSSR count). The van der Waals surface area contributed by atoms with Crippen molar-refractivity contribution in [3.8, 4) is 0 Å². The Morgan fingerprint density at radius 3 is 2.92 bits per heavy atom. The Labute approximate surface area is 154 Å². The number of anilines is 1. The summed E-state index contributed by atoms with van der Waals surface area (Å²) in [5.74, 6) is 2.52. The molecule has 1 unspecified atom stereocenters. The van der Waals surface area contributed by atoms with Crippen LogP contribution in [-0.2, 0) is 4.79 Å². The molecule has 0 bridgehead atoms. The minimum Gasteiger partial charge on any atom is -0.356 e. The molecule has 0 aromatic carbocycles. The minimum absolute atomic E-state index is 0.0411. The predicted molar refractivity (Wildman–Crippen MR) is 100 cm³/mol. The molecule has 2 fully saturated rings. The highest BCUT2D eigenvalue weighted by Gasteiger charge is 2.28. The van der Waals surface area contributed by atoms with Crippen LogP contribution in [0.3, 0.4) is 0 Å². The van der Waals surface area contributed by atoms with Gasteiger partial charge in [0, 0.05) is 31.4 Å². The highest BCUT2D eigenvalue weighted by atomic mass is 16.1. The van der Waals surface area contributed by atoms with Gasteiger partial charge in [0.1, 0.15) is 12.1 Å². The zero-order chi connectivity index (χ0) is 17.9. The lowest BCUT2D eigenvalue weighted by Crippen LogP contribution is -2.44. The maximum atomic E-state index is 12.7. The number of nitrogens with one attached hydrogen (secondary N) is 1. The Kier molecular flexibility index (Phi) is 5.04. The second-order valence-electron chi connectivity index (χ2n) is 7.76. The number of carbonyl (C=O) groups excluding carboxylic acids is 1. The molecular formula is C19H28N6O. The van der Waals surface area contributed by atoms with Gasteiger partial charge in [-0.25, -0.2) is 4.98 Å². The minimum atomic E-state index is 0.0411. The van der Waals surface area contributed by atoms with Crippen LogP contribution in [0.1, 0.15) is 50.6 Å². The van der Waals surface area contributed by atoms with E-state index in [2.05, 4.69) is 25.3 Å². The van der Waals surface area contributed by atoms with Crippen molar-refractivity contribution in [2.75, 3.05) is 24.5 Å². The molecule has 7 nitrogen and oxygen atoms in total. The van der Waals surface area contributed by atoms with Gasteiger partial charge < -0.3 is 10.2 Å². The van der Waals surface area contributed by atoms with Crippen molar-refractivity contribution in [1.82, 2.24) is 24.9 Å². The maximum absolute atomic E-state index is 12.7. The van der Waals surface area contributed by atoms with Gasteiger partial charge in [-0.1, -0.05) is 19.3 Å². The van der Waals surface area contributed by atoms with E-state index >= 15 is 0 Å². The number of hydrogen-bond donors (Lipinski definition) is 1. The van der Waals surface area contributed by atoms with Gasteiger partial charge in [0.05, 0.1) is 5.92 Å². The van der Waals surface area contributed by atoms with E-state index in [9.17, 15) is 4.79 Å². The van der Waals surface area contributed by atoms with Crippen molar-refractivity contribution in [1.29, 1.82) is 0 Å². The predicted octanol–water partition coefficient (Wildman–Crippen LogP) is 2.35. The van der Waals surface area contributed by atoms with Crippen molar-refractivity contribution in [2.45, 2.75) is 51.9 Å². The number of nitrogens with zero attached hydrogens (tertiary/aromatic N) is 5. The summed E-state index contributed by atoms with van der Waals surface area (Å²) < 4.78 is 1.77. The number of aromatic nitrogens is 4. The fourth-order valence-corrected chi connectivity index (χ4v) is 4.32. The molecule has 1 saturated heterocycles. The van der Waals surface area contributed by atoms with E-state index < -0.39 is 0 Å². The lowest BCUT2D eigenvalue weighted by atomic mass is 9.89. The number of carbonyl (C=O) groups is 1. The van der Waals surface area contributed by atoms with E-state index in [1.54, 1.807) is 4.52 Å². The standard InChI is InChI=1S/C19H28N6O/c1-14-10-17(25-19(23-14)21-13-22-25)24-9-5-8-16(12-24)18(26)20-11-15-6-3-2-4-7-15/h10,13,15-16H,2-9,11-12H2,1H3,(H,20,26). The zero-order valence-corrected chi connectivity index (χ0v) is 15.5. The molecule has 1 atom stereocenters. The van der Waals surface area contributed by atoms with Crippen molar-refractivity contribution in [2.24, 2.45) is 11.8 Å². The summed E-state index contributed by atoms with van der Waals surface area (Å²) in [6, 6.07) is 2.03. The van der Waals surface area contributed by atoms with E-state index in [0.717, 1.165) is 44.0 Å². The Balaban J connectivity index is 1.41. The molecule has 140 valence electrons. The highest BCUT2D eigenvalue weighted by molar-refractivity contribution is 5.79. The quantitative estimate of drug-likeness (QED) is 0.910. The van der Waals surface area contributed by atoms with E-state index in [4.69, 9.17) is 0 Å². The summed E-state index contributed by atoms with van der Waals surface area (Å²) in [6.45, 7) is 4.48. The lowest BCUT2D eigenvalue weighted by Gasteiger charge is -2.34. The van der Waals surface area contributed by atoms with Crippen LogP contribution in [0, 0.1) is 18.8 Å². The van der Waals surface area contributed by atoms with Crippen molar-refractivity contribution in [3.63, 3.8) is 0 Å². The molecule has 26 heavy (non-hydrogen) atoms. The molecule has 1 N–H and O–H groups in total. The van der Waals surface area contributed by atoms with Gasteiger partial charge in [0.2, 0.25) is 5.91 Å². The first-order chi connectivity index (χ1) is 12.7. The van der Waals surface area contributed by atoms with Gasteiger partial charge in [0.25, 0.3) is 5.78 Å². The Hall–Kier alpha value is -2.18.